The number of rotatable bonds is 6. The first kappa shape index (κ1) is 19.8. The van der Waals surface area contributed by atoms with Gasteiger partial charge in [-0.15, -0.1) is 0 Å². The van der Waals surface area contributed by atoms with Gasteiger partial charge in [-0.05, 0) is 31.0 Å². The Morgan fingerprint density at radius 3 is 2.54 bits per heavy atom. The number of aliphatic hydroxyl groups excluding tert-OH is 1. The van der Waals surface area contributed by atoms with Crippen molar-refractivity contribution in [3.05, 3.63) is 76.6 Å². The third kappa shape index (κ3) is 3.82. The van der Waals surface area contributed by atoms with Crippen molar-refractivity contribution < 1.29 is 23.8 Å². The van der Waals surface area contributed by atoms with Crippen LogP contribution < -0.4 is 0 Å². The summed E-state index contributed by atoms with van der Waals surface area (Å²) in [5, 5.41) is 10.9. The molecular formula is C22H22FNO4. The van der Waals surface area contributed by atoms with E-state index in [1.165, 1.54) is 23.1 Å². The summed E-state index contributed by atoms with van der Waals surface area (Å²) in [6.07, 6.45) is 0.514. The van der Waals surface area contributed by atoms with Crippen molar-refractivity contribution >= 4 is 17.4 Å². The molecule has 0 radical (unpaired) electrons. The highest BCUT2D eigenvalue weighted by Gasteiger charge is 2.45. The summed E-state index contributed by atoms with van der Waals surface area (Å²) in [5.41, 5.74) is 1.84. The van der Waals surface area contributed by atoms with Crippen molar-refractivity contribution in [2.24, 2.45) is 0 Å². The highest BCUT2D eigenvalue weighted by atomic mass is 19.1. The summed E-state index contributed by atoms with van der Waals surface area (Å²) >= 11 is 0. The number of halogens is 1. The van der Waals surface area contributed by atoms with E-state index in [1.807, 2.05) is 6.92 Å². The van der Waals surface area contributed by atoms with E-state index in [9.17, 15) is 19.1 Å². The lowest BCUT2D eigenvalue weighted by Crippen LogP contribution is -2.31. The molecule has 146 valence electrons. The Labute approximate surface area is 163 Å². The Hall–Kier alpha value is -2.99. The molecule has 1 atom stereocenters. The molecule has 0 aliphatic carbocycles. The zero-order valence-corrected chi connectivity index (χ0v) is 15.8. The standard InChI is InChI=1S/C22H22FNO4/c1-14-7-9-15(10-8-14)20(25)18-19(16-5-3-6-17(23)13-16)24(11-4-12-28-2)22(27)21(18)26/h3,5-10,13,19,25H,4,11-12H2,1-2H3/b20-18+/t19-/m0/s1. The lowest BCUT2D eigenvalue weighted by atomic mass is 9.95. The smallest absolute Gasteiger partial charge is 0.295 e. The Morgan fingerprint density at radius 2 is 1.89 bits per heavy atom. The van der Waals surface area contributed by atoms with Crippen LogP contribution in [0.15, 0.2) is 54.1 Å². The number of Topliss-reactive ketones (excluding diaryl/α,β-unsaturated/α-hetero) is 1. The van der Waals surface area contributed by atoms with Crippen molar-refractivity contribution in [2.75, 3.05) is 20.3 Å². The molecule has 1 fully saturated rings. The number of carbonyl (C=O) groups is 2. The summed E-state index contributed by atoms with van der Waals surface area (Å²) in [6.45, 7) is 2.58. The third-order valence-corrected chi connectivity index (χ3v) is 4.78. The molecule has 1 N–H and O–H groups in total. The first-order valence-corrected chi connectivity index (χ1v) is 9.04. The maximum atomic E-state index is 13.9. The molecule has 0 saturated carbocycles. The van der Waals surface area contributed by atoms with Crippen molar-refractivity contribution in [1.82, 2.24) is 4.90 Å². The van der Waals surface area contributed by atoms with Gasteiger partial charge in [0, 0.05) is 25.8 Å². The van der Waals surface area contributed by atoms with Gasteiger partial charge < -0.3 is 14.7 Å². The van der Waals surface area contributed by atoms with Gasteiger partial charge in [0.05, 0.1) is 11.6 Å². The molecule has 2 aromatic rings. The quantitative estimate of drug-likeness (QED) is 0.358. The van der Waals surface area contributed by atoms with Crippen LogP contribution in [-0.2, 0) is 14.3 Å². The molecule has 5 nitrogen and oxygen atoms in total. The van der Waals surface area contributed by atoms with E-state index in [2.05, 4.69) is 0 Å². The molecule has 0 unspecified atom stereocenters. The Balaban J connectivity index is 2.12. The Bertz CT molecular complexity index is 920. The largest absolute Gasteiger partial charge is 0.507 e. The summed E-state index contributed by atoms with van der Waals surface area (Å²) in [7, 11) is 1.55. The predicted molar refractivity (Wildman–Crippen MR) is 103 cm³/mol. The lowest BCUT2D eigenvalue weighted by Gasteiger charge is -2.25. The second-order valence-corrected chi connectivity index (χ2v) is 6.76. The minimum absolute atomic E-state index is 0.0307. The average molecular weight is 383 g/mol. The molecular weight excluding hydrogens is 361 g/mol. The van der Waals surface area contributed by atoms with Crippen molar-refractivity contribution in [2.45, 2.75) is 19.4 Å². The van der Waals surface area contributed by atoms with E-state index in [-0.39, 0.29) is 17.9 Å². The van der Waals surface area contributed by atoms with Gasteiger partial charge >= 0.3 is 0 Å². The van der Waals surface area contributed by atoms with Crippen LogP contribution in [0.3, 0.4) is 0 Å². The monoisotopic (exact) mass is 383 g/mol. The first-order valence-electron chi connectivity index (χ1n) is 9.04. The maximum absolute atomic E-state index is 13.9. The van der Waals surface area contributed by atoms with Crippen LogP contribution in [-0.4, -0.2) is 42.0 Å². The highest BCUT2D eigenvalue weighted by Crippen LogP contribution is 2.39. The summed E-state index contributed by atoms with van der Waals surface area (Å²) < 4.78 is 18.9. The fraction of sp³-hybridized carbons (Fsp3) is 0.273. The van der Waals surface area contributed by atoms with Crippen LogP contribution >= 0.6 is 0 Å². The molecule has 1 saturated heterocycles. The minimum atomic E-state index is -0.853. The van der Waals surface area contributed by atoms with E-state index in [0.29, 0.717) is 24.2 Å². The number of amides is 1. The number of hydrogen-bond acceptors (Lipinski definition) is 4. The zero-order valence-electron chi connectivity index (χ0n) is 15.8. The number of hydrogen-bond donors (Lipinski definition) is 1. The number of carbonyl (C=O) groups excluding carboxylic acids is 2. The van der Waals surface area contributed by atoms with Crippen molar-refractivity contribution in [1.29, 1.82) is 0 Å². The molecule has 1 aliphatic heterocycles. The fourth-order valence-corrected chi connectivity index (χ4v) is 3.38. The number of likely N-dealkylation sites (tertiary alicyclic amines) is 1. The molecule has 1 aliphatic rings. The Kier molecular flexibility index (Phi) is 5.90. The highest BCUT2D eigenvalue weighted by molar-refractivity contribution is 6.46. The zero-order chi connectivity index (χ0) is 20.3. The van der Waals surface area contributed by atoms with E-state index >= 15 is 0 Å². The number of methoxy groups -OCH3 is 1. The average Bonchev–Trinajstić information content (AvgIpc) is 2.93. The SMILES string of the molecule is COCCCN1C(=O)C(=O)/C(=C(/O)c2ccc(C)cc2)[C@@H]1c1cccc(F)c1. The van der Waals surface area contributed by atoms with Gasteiger partial charge in [0.2, 0.25) is 0 Å². The molecule has 1 heterocycles. The van der Waals surface area contributed by atoms with E-state index < -0.39 is 23.5 Å². The molecule has 0 spiro atoms. The van der Waals surface area contributed by atoms with Crippen LogP contribution in [0.1, 0.15) is 29.2 Å². The summed E-state index contributed by atoms with van der Waals surface area (Å²) in [6, 6.07) is 11.9. The number of ketones is 1. The van der Waals surface area contributed by atoms with Crippen LogP contribution in [0.4, 0.5) is 4.39 Å². The van der Waals surface area contributed by atoms with Gasteiger partial charge in [0.15, 0.2) is 0 Å². The number of aryl methyl sites for hydroxylation is 1. The van der Waals surface area contributed by atoms with Gasteiger partial charge in [-0.2, -0.15) is 0 Å². The van der Waals surface area contributed by atoms with Crippen LogP contribution in [0.25, 0.3) is 5.76 Å². The summed E-state index contributed by atoms with van der Waals surface area (Å²) in [5.74, 6) is -2.22. The second kappa shape index (κ2) is 8.35. The number of aliphatic hydroxyl groups is 1. The van der Waals surface area contributed by atoms with Crippen molar-refractivity contribution in [3.8, 4) is 0 Å². The first-order chi connectivity index (χ1) is 13.4. The normalized spacial score (nSPS) is 18.7. The molecule has 3 rings (SSSR count). The van der Waals surface area contributed by atoms with Gasteiger partial charge in [-0.25, -0.2) is 4.39 Å². The van der Waals surface area contributed by atoms with Gasteiger partial charge in [0.1, 0.15) is 11.6 Å². The van der Waals surface area contributed by atoms with Gasteiger partial charge in [-0.3, -0.25) is 9.59 Å². The third-order valence-electron chi connectivity index (χ3n) is 4.78. The lowest BCUT2D eigenvalue weighted by molar-refractivity contribution is -0.140. The number of ether oxygens (including phenoxy) is 1. The van der Waals surface area contributed by atoms with Gasteiger partial charge in [0.25, 0.3) is 11.7 Å². The van der Waals surface area contributed by atoms with Crippen LogP contribution in [0.5, 0.6) is 0 Å². The maximum Gasteiger partial charge on any atom is 0.295 e. The Morgan fingerprint density at radius 1 is 1.18 bits per heavy atom. The molecule has 1 amide bonds. The van der Waals surface area contributed by atoms with E-state index in [1.54, 1.807) is 37.4 Å². The number of benzene rings is 2. The fourth-order valence-electron chi connectivity index (χ4n) is 3.38. The number of nitrogens with zero attached hydrogens (tertiary/aromatic N) is 1. The van der Waals surface area contributed by atoms with Crippen LogP contribution in [0.2, 0.25) is 0 Å². The minimum Gasteiger partial charge on any atom is -0.507 e. The molecule has 6 heteroatoms. The molecule has 0 aromatic heterocycles. The van der Waals surface area contributed by atoms with Crippen molar-refractivity contribution in [3.63, 3.8) is 0 Å². The van der Waals surface area contributed by atoms with Gasteiger partial charge in [-0.1, -0.05) is 42.0 Å². The molecule has 0 bridgehead atoms. The summed E-state index contributed by atoms with van der Waals surface area (Å²) in [4.78, 5) is 26.8. The topological polar surface area (TPSA) is 66.8 Å². The molecule has 28 heavy (non-hydrogen) atoms. The second-order valence-electron chi connectivity index (χ2n) is 6.76. The molecule has 2 aromatic carbocycles. The predicted octanol–water partition coefficient (Wildman–Crippen LogP) is 3.59. The van der Waals surface area contributed by atoms with Crippen LogP contribution in [0, 0.1) is 12.7 Å². The van der Waals surface area contributed by atoms with E-state index in [0.717, 1.165) is 5.56 Å². The van der Waals surface area contributed by atoms with E-state index in [4.69, 9.17) is 4.74 Å².